The Bertz CT molecular complexity index is 519. The summed E-state index contributed by atoms with van der Waals surface area (Å²) >= 11 is 0. The van der Waals surface area contributed by atoms with E-state index in [9.17, 15) is 9.59 Å². The molecule has 2 heterocycles. The summed E-state index contributed by atoms with van der Waals surface area (Å²) in [6, 6.07) is 3.68. The Morgan fingerprint density at radius 2 is 2.33 bits per heavy atom. The lowest BCUT2D eigenvalue weighted by atomic mass is 9.93. The molecule has 21 heavy (non-hydrogen) atoms. The van der Waals surface area contributed by atoms with Crippen molar-refractivity contribution in [3.63, 3.8) is 0 Å². The van der Waals surface area contributed by atoms with Gasteiger partial charge in [0.2, 0.25) is 0 Å². The smallest absolute Gasteiger partial charge is 0.303 e. The predicted molar refractivity (Wildman–Crippen MR) is 79.4 cm³/mol. The fraction of sp³-hybridized carbons (Fsp3) is 0.533. The number of aromatic nitrogens is 1. The molecule has 1 amide bonds. The summed E-state index contributed by atoms with van der Waals surface area (Å²) in [4.78, 5) is 28.6. The summed E-state index contributed by atoms with van der Waals surface area (Å²) in [6.45, 7) is 1.77. The molecule has 114 valence electrons. The first-order valence-corrected chi connectivity index (χ1v) is 7.25. The van der Waals surface area contributed by atoms with Crippen molar-refractivity contribution < 1.29 is 14.7 Å². The van der Waals surface area contributed by atoms with Crippen LogP contribution in [0.4, 0.5) is 5.69 Å². The SMILES string of the molecule is CNC(=O)c1cc(N2CCCC(CCC(=O)O)C2)ccn1. The molecule has 1 aromatic rings. The molecule has 0 spiro atoms. The quantitative estimate of drug-likeness (QED) is 0.859. The molecular formula is C15H21N3O3. The van der Waals surface area contributed by atoms with Crippen molar-refractivity contribution in [3.05, 3.63) is 24.0 Å². The maximum absolute atomic E-state index is 11.6. The van der Waals surface area contributed by atoms with E-state index in [1.807, 2.05) is 6.07 Å². The monoisotopic (exact) mass is 291 g/mol. The Hall–Kier alpha value is -2.11. The molecule has 2 N–H and O–H groups in total. The summed E-state index contributed by atoms with van der Waals surface area (Å²) in [5, 5.41) is 11.4. The second-order valence-corrected chi connectivity index (χ2v) is 5.37. The van der Waals surface area contributed by atoms with E-state index in [0.29, 0.717) is 18.0 Å². The Labute approximate surface area is 124 Å². The van der Waals surface area contributed by atoms with E-state index >= 15 is 0 Å². The van der Waals surface area contributed by atoms with E-state index in [4.69, 9.17) is 5.11 Å². The molecular weight excluding hydrogens is 270 g/mol. The zero-order valence-electron chi connectivity index (χ0n) is 12.2. The number of amides is 1. The van der Waals surface area contributed by atoms with E-state index < -0.39 is 5.97 Å². The van der Waals surface area contributed by atoms with Crippen LogP contribution in [0.3, 0.4) is 0 Å². The molecule has 1 fully saturated rings. The Morgan fingerprint density at radius 3 is 3.05 bits per heavy atom. The van der Waals surface area contributed by atoms with Gasteiger partial charge < -0.3 is 15.3 Å². The maximum atomic E-state index is 11.6. The average Bonchev–Trinajstić information content (AvgIpc) is 2.52. The van der Waals surface area contributed by atoms with Crippen molar-refractivity contribution in [2.75, 3.05) is 25.0 Å². The molecule has 0 aliphatic carbocycles. The number of nitrogens with one attached hydrogen (secondary N) is 1. The minimum Gasteiger partial charge on any atom is -0.481 e. The third-order valence-corrected chi connectivity index (χ3v) is 3.85. The van der Waals surface area contributed by atoms with Crippen molar-refractivity contribution in [3.8, 4) is 0 Å². The molecule has 0 saturated carbocycles. The number of nitrogens with zero attached hydrogens (tertiary/aromatic N) is 2. The average molecular weight is 291 g/mol. The van der Waals surface area contributed by atoms with Crippen LogP contribution in [-0.4, -0.2) is 42.1 Å². The molecule has 0 bridgehead atoms. The van der Waals surface area contributed by atoms with Crippen molar-refractivity contribution in [2.24, 2.45) is 5.92 Å². The highest BCUT2D eigenvalue weighted by Gasteiger charge is 2.21. The van der Waals surface area contributed by atoms with E-state index in [1.165, 1.54) is 0 Å². The van der Waals surface area contributed by atoms with Crippen LogP contribution in [-0.2, 0) is 4.79 Å². The lowest BCUT2D eigenvalue weighted by molar-refractivity contribution is -0.137. The lowest BCUT2D eigenvalue weighted by Gasteiger charge is -2.34. The van der Waals surface area contributed by atoms with Crippen molar-refractivity contribution in [1.82, 2.24) is 10.3 Å². The molecule has 6 nitrogen and oxygen atoms in total. The summed E-state index contributed by atoms with van der Waals surface area (Å²) in [7, 11) is 1.58. The minimum absolute atomic E-state index is 0.198. The van der Waals surface area contributed by atoms with Crippen LogP contribution in [0.2, 0.25) is 0 Å². The second kappa shape index (κ2) is 7.06. The molecule has 1 unspecified atom stereocenters. The number of carbonyl (C=O) groups is 2. The highest BCUT2D eigenvalue weighted by atomic mass is 16.4. The molecule has 0 radical (unpaired) electrons. The molecule has 1 atom stereocenters. The number of pyridine rings is 1. The highest BCUT2D eigenvalue weighted by molar-refractivity contribution is 5.92. The first-order valence-electron chi connectivity index (χ1n) is 7.25. The Morgan fingerprint density at radius 1 is 1.52 bits per heavy atom. The zero-order chi connectivity index (χ0) is 15.2. The van der Waals surface area contributed by atoms with Gasteiger partial charge in [-0.25, -0.2) is 0 Å². The molecule has 1 aromatic heterocycles. The minimum atomic E-state index is -0.738. The number of anilines is 1. The van der Waals surface area contributed by atoms with Gasteiger partial charge in [0.1, 0.15) is 5.69 Å². The highest BCUT2D eigenvalue weighted by Crippen LogP contribution is 2.26. The second-order valence-electron chi connectivity index (χ2n) is 5.37. The zero-order valence-corrected chi connectivity index (χ0v) is 12.2. The standard InChI is InChI=1S/C15H21N3O3/c1-16-15(21)13-9-12(6-7-17-13)18-8-2-3-11(10-18)4-5-14(19)20/h6-7,9,11H,2-5,8,10H2,1H3,(H,16,21)(H,19,20). The van der Waals surface area contributed by atoms with Gasteiger partial charge in [0.25, 0.3) is 5.91 Å². The number of carboxylic acid groups (broad SMARTS) is 1. The third-order valence-electron chi connectivity index (χ3n) is 3.85. The van der Waals surface area contributed by atoms with Gasteiger partial charge in [0, 0.05) is 38.4 Å². The van der Waals surface area contributed by atoms with Crippen LogP contribution < -0.4 is 10.2 Å². The van der Waals surface area contributed by atoms with E-state index in [-0.39, 0.29) is 12.3 Å². The molecule has 1 saturated heterocycles. The van der Waals surface area contributed by atoms with Gasteiger partial charge in [0.15, 0.2) is 0 Å². The molecule has 0 aromatic carbocycles. The maximum Gasteiger partial charge on any atom is 0.303 e. The van der Waals surface area contributed by atoms with Crippen molar-refractivity contribution in [2.45, 2.75) is 25.7 Å². The van der Waals surface area contributed by atoms with Gasteiger partial charge in [-0.3, -0.25) is 14.6 Å². The van der Waals surface area contributed by atoms with Crippen LogP contribution in [0, 0.1) is 5.92 Å². The topological polar surface area (TPSA) is 82.5 Å². The van der Waals surface area contributed by atoms with E-state index in [1.54, 1.807) is 19.3 Å². The van der Waals surface area contributed by atoms with Gasteiger partial charge >= 0.3 is 5.97 Å². The fourth-order valence-corrected chi connectivity index (χ4v) is 2.73. The Kier molecular flexibility index (Phi) is 5.14. The van der Waals surface area contributed by atoms with Crippen LogP contribution in [0.5, 0.6) is 0 Å². The molecule has 1 aliphatic rings. The normalized spacial score (nSPS) is 18.3. The van der Waals surface area contributed by atoms with Crippen LogP contribution in [0.25, 0.3) is 0 Å². The summed E-state index contributed by atoms with van der Waals surface area (Å²) < 4.78 is 0. The van der Waals surface area contributed by atoms with Gasteiger partial charge in [-0.2, -0.15) is 0 Å². The van der Waals surface area contributed by atoms with Gasteiger partial charge in [-0.05, 0) is 37.3 Å². The predicted octanol–water partition coefficient (Wildman–Crippen LogP) is 1.52. The molecule has 2 rings (SSSR count). The number of carboxylic acids is 1. The summed E-state index contributed by atoms with van der Waals surface area (Å²) in [5.74, 6) is -0.541. The number of rotatable bonds is 5. The first kappa shape index (κ1) is 15.3. The van der Waals surface area contributed by atoms with Gasteiger partial charge in [-0.1, -0.05) is 0 Å². The summed E-state index contributed by atoms with van der Waals surface area (Å²) in [5.41, 5.74) is 1.38. The molecule has 1 aliphatic heterocycles. The number of hydrogen-bond acceptors (Lipinski definition) is 4. The van der Waals surface area contributed by atoms with Crippen LogP contribution in [0.1, 0.15) is 36.2 Å². The van der Waals surface area contributed by atoms with E-state index in [0.717, 1.165) is 31.6 Å². The first-order chi connectivity index (χ1) is 10.1. The Balaban J connectivity index is 2.03. The van der Waals surface area contributed by atoms with Crippen LogP contribution >= 0.6 is 0 Å². The number of aliphatic carboxylic acids is 1. The van der Waals surface area contributed by atoms with Crippen molar-refractivity contribution in [1.29, 1.82) is 0 Å². The third kappa shape index (κ3) is 4.18. The van der Waals surface area contributed by atoms with Gasteiger partial charge in [0.05, 0.1) is 0 Å². The number of carbonyl (C=O) groups excluding carboxylic acids is 1. The summed E-state index contributed by atoms with van der Waals surface area (Å²) in [6.07, 6.45) is 4.68. The lowest BCUT2D eigenvalue weighted by Crippen LogP contribution is -2.35. The van der Waals surface area contributed by atoms with Crippen molar-refractivity contribution >= 4 is 17.6 Å². The largest absolute Gasteiger partial charge is 0.481 e. The number of piperidine rings is 1. The van der Waals surface area contributed by atoms with Gasteiger partial charge in [-0.15, -0.1) is 0 Å². The molecule has 6 heteroatoms. The fourth-order valence-electron chi connectivity index (χ4n) is 2.73. The van der Waals surface area contributed by atoms with E-state index in [2.05, 4.69) is 15.2 Å². The van der Waals surface area contributed by atoms with Crippen LogP contribution in [0.15, 0.2) is 18.3 Å². The number of hydrogen-bond donors (Lipinski definition) is 2.